The van der Waals surface area contributed by atoms with Crippen molar-refractivity contribution in [3.05, 3.63) is 35.9 Å². The third kappa shape index (κ3) is 3.09. The van der Waals surface area contributed by atoms with Gasteiger partial charge in [0.05, 0.1) is 12.7 Å². The highest BCUT2D eigenvalue weighted by Gasteiger charge is 2.36. The molecule has 1 N–H and O–H groups in total. The summed E-state index contributed by atoms with van der Waals surface area (Å²) in [4.78, 5) is 13.8. The number of hydrogen-bond acceptors (Lipinski definition) is 4. The average molecular weight is 249 g/mol. The first-order chi connectivity index (χ1) is 8.70. The van der Waals surface area contributed by atoms with Crippen LogP contribution in [0, 0.1) is 0 Å². The van der Waals surface area contributed by atoms with Crippen LogP contribution in [-0.2, 0) is 16.1 Å². The van der Waals surface area contributed by atoms with Gasteiger partial charge in [-0.2, -0.15) is 0 Å². The van der Waals surface area contributed by atoms with Crippen molar-refractivity contribution in [2.75, 3.05) is 13.2 Å². The van der Waals surface area contributed by atoms with E-state index in [1.165, 1.54) is 0 Å². The summed E-state index contributed by atoms with van der Waals surface area (Å²) >= 11 is 0. The number of carbonyl (C=O) groups excluding carboxylic acids is 1. The molecule has 98 valence electrons. The van der Waals surface area contributed by atoms with Crippen molar-refractivity contribution in [1.82, 2.24) is 4.90 Å². The minimum absolute atomic E-state index is 0.231. The molecule has 1 fully saturated rings. The van der Waals surface area contributed by atoms with Crippen molar-refractivity contribution in [3.63, 3.8) is 0 Å². The molecule has 18 heavy (non-hydrogen) atoms. The van der Waals surface area contributed by atoms with E-state index in [1.807, 2.05) is 35.2 Å². The first-order valence-corrected chi connectivity index (χ1v) is 6.33. The van der Waals surface area contributed by atoms with E-state index in [0.29, 0.717) is 26.1 Å². The molecule has 0 bridgehead atoms. The molecule has 2 rings (SSSR count). The Labute approximate surface area is 107 Å². The number of likely N-dealkylation sites (tertiary alicyclic amines) is 1. The van der Waals surface area contributed by atoms with E-state index in [4.69, 9.17) is 4.74 Å². The van der Waals surface area contributed by atoms with Gasteiger partial charge in [0.15, 0.2) is 0 Å². The third-order valence-electron chi connectivity index (χ3n) is 3.17. The molecular weight excluding hydrogens is 230 g/mol. The van der Waals surface area contributed by atoms with Crippen LogP contribution >= 0.6 is 0 Å². The fourth-order valence-electron chi connectivity index (χ4n) is 2.36. The highest BCUT2D eigenvalue weighted by Crippen LogP contribution is 2.21. The van der Waals surface area contributed by atoms with Crippen molar-refractivity contribution < 1.29 is 14.6 Å². The van der Waals surface area contributed by atoms with Crippen molar-refractivity contribution >= 4 is 5.97 Å². The fraction of sp³-hybridized carbons (Fsp3) is 0.500. The van der Waals surface area contributed by atoms with Gasteiger partial charge in [-0.05, 0) is 12.5 Å². The molecule has 1 aromatic rings. The monoisotopic (exact) mass is 249 g/mol. The summed E-state index contributed by atoms with van der Waals surface area (Å²) in [6.07, 6.45) is 0.0224. The first kappa shape index (κ1) is 13.1. The number of aliphatic hydroxyl groups excluding tert-OH is 1. The van der Waals surface area contributed by atoms with E-state index in [0.717, 1.165) is 5.56 Å². The van der Waals surface area contributed by atoms with Crippen LogP contribution in [0.15, 0.2) is 30.3 Å². The number of hydrogen-bond donors (Lipinski definition) is 1. The molecule has 1 aromatic carbocycles. The highest BCUT2D eigenvalue weighted by atomic mass is 16.5. The quantitative estimate of drug-likeness (QED) is 0.814. The van der Waals surface area contributed by atoms with Crippen LogP contribution in [0.1, 0.15) is 18.9 Å². The normalized spacial score (nSPS) is 24.1. The molecule has 0 aromatic heterocycles. The zero-order chi connectivity index (χ0) is 13.0. The summed E-state index contributed by atoms with van der Waals surface area (Å²) in [7, 11) is 0. The lowest BCUT2D eigenvalue weighted by molar-refractivity contribution is -0.148. The van der Waals surface area contributed by atoms with Gasteiger partial charge in [0.2, 0.25) is 0 Å². The lowest BCUT2D eigenvalue weighted by Crippen LogP contribution is -2.36. The number of β-amino-alcohol motifs (C(OH)–C–C–N with tert-alkyl or cyclic N) is 1. The van der Waals surface area contributed by atoms with Crippen molar-refractivity contribution in [1.29, 1.82) is 0 Å². The van der Waals surface area contributed by atoms with Crippen molar-refractivity contribution in [2.45, 2.75) is 32.0 Å². The first-order valence-electron chi connectivity index (χ1n) is 6.33. The molecule has 0 unspecified atom stereocenters. The molecule has 4 heteroatoms. The standard InChI is InChI=1S/C14H19NO3/c1-2-18-14(17)13-8-12(16)10-15(13)9-11-6-4-3-5-7-11/h3-7,12-13,16H,2,8-10H2,1H3/t12-,13-/m1/s1. The second-order valence-electron chi connectivity index (χ2n) is 4.57. The number of rotatable bonds is 4. The Bertz CT molecular complexity index is 393. The van der Waals surface area contributed by atoms with Gasteiger partial charge in [0.25, 0.3) is 0 Å². The molecule has 0 radical (unpaired) electrons. The Morgan fingerprint density at radius 1 is 1.44 bits per heavy atom. The summed E-state index contributed by atoms with van der Waals surface area (Å²) in [6, 6.07) is 9.63. The Balaban J connectivity index is 2.03. The molecule has 1 aliphatic heterocycles. The fourth-order valence-corrected chi connectivity index (χ4v) is 2.36. The summed E-state index contributed by atoms with van der Waals surface area (Å²) < 4.78 is 5.05. The molecule has 2 atom stereocenters. The van der Waals surface area contributed by atoms with E-state index < -0.39 is 6.10 Å². The van der Waals surface area contributed by atoms with Crippen LogP contribution < -0.4 is 0 Å². The molecule has 1 saturated heterocycles. The summed E-state index contributed by atoms with van der Waals surface area (Å²) in [5.74, 6) is -0.231. The topological polar surface area (TPSA) is 49.8 Å². The summed E-state index contributed by atoms with van der Waals surface area (Å²) in [6.45, 7) is 3.37. The molecule has 0 amide bonds. The number of aliphatic hydroxyl groups is 1. The Kier molecular flexibility index (Phi) is 4.33. The van der Waals surface area contributed by atoms with Gasteiger partial charge in [-0.3, -0.25) is 9.69 Å². The van der Waals surface area contributed by atoms with E-state index in [2.05, 4.69) is 0 Å². The number of benzene rings is 1. The lowest BCUT2D eigenvalue weighted by Gasteiger charge is -2.22. The lowest BCUT2D eigenvalue weighted by atomic mass is 10.2. The Morgan fingerprint density at radius 2 is 2.17 bits per heavy atom. The molecule has 0 aliphatic carbocycles. The minimum Gasteiger partial charge on any atom is -0.465 e. The van der Waals surface area contributed by atoms with Gasteiger partial charge >= 0.3 is 5.97 Å². The van der Waals surface area contributed by atoms with Gasteiger partial charge in [-0.15, -0.1) is 0 Å². The maximum absolute atomic E-state index is 11.8. The van der Waals surface area contributed by atoms with Gasteiger partial charge in [-0.25, -0.2) is 0 Å². The second kappa shape index (κ2) is 5.98. The van der Waals surface area contributed by atoms with Gasteiger partial charge < -0.3 is 9.84 Å². The maximum atomic E-state index is 11.8. The maximum Gasteiger partial charge on any atom is 0.323 e. The second-order valence-corrected chi connectivity index (χ2v) is 4.57. The van der Waals surface area contributed by atoms with Crippen LogP contribution in [0.4, 0.5) is 0 Å². The van der Waals surface area contributed by atoms with Gasteiger partial charge in [0, 0.05) is 19.5 Å². The minimum atomic E-state index is -0.442. The van der Waals surface area contributed by atoms with E-state index >= 15 is 0 Å². The van der Waals surface area contributed by atoms with E-state index in [1.54, 1.807) is 6.92 Å². The molecule has 1 heterocycles. The zero-order valence-corrected chi connectivity index (χ0v) is 10.6. The smallest absolute Gasteiger partial charge is 0.323 e. The van der Waals surface area contributed by atoms with Crippen LogP contribution in [-0.4, -0.2) is 41.3 Å². The number of carbonyl (C=O) groups is 1. The molecule has 1 aliphatic rings. The Morgan fingerprint density at radius 3 is 2.83 bits per heavy atom. The van der Waals surface area contributed by atoms with Crippen LogP contribution in [0.25, 0.3) is 0 Å². The highest BCUT2D eigenvalue weighted by molar-refractivity contribution is 5.76. The molecule has 0 saturated carbocycles. The molecule has 0 spiro atoms. The summed E-state index contributed by atoms with van der Waals surface area (Å²) in [5, 5.41) is 9.72. The zero-order valence-electron chi connectivity index (χ0n) is 10.6. The van der Waals surface area contributed by atoms with Crippen LogP contribution in [0.2, 0.25) is 0 Å². The molecular formula is C14H19NO3. The predicted octanol–water partition coefficient (Wildman–Crippen LogP) is 1.18. The third-order valence-corrected chi connectivity index (χ3v) is 3.17. The number of esters is 1. The molecule has 4 nitrogen and oxygen atoms in total. The van der Waals surface area contributed by atoms with Crippen LogP contribution in [0.5, 0.6) is 0 Å². The van der Waals surface area contributed by atoms with Gasteiger partial charge in [-0.1, -0.05) is 30.3 Å². The largest absolute Gasteiger partial charge is 0.465 e. The van der Waals surface area contributed by atoms with E-state index in [-0.39, 0.29) is 12.0 Å². The average Bonchev–Trinajstić information content (AvgIpc) is 2.72. The van der Waals surface area contributed by atoms with Crippen molar-refractivity contribution in [2.24, 2.45) is 0 Å². The van der Waals surface area contributed by atoms with Crippen molar-refractivity contribution in [3.8, 4) is 0 Å². The summed E-state index contributed by atoms with van der Waals surface area (Å²) in [5.41, 5.74) is 1.14. The van der Waals surface area contributed by atoms with Crippen LogP contribution in [0.3, 0.4) is 0 Å². The predicted molar refractivity (Wildman–Crippen MR) is 67.9 cm³/mol. The number of nitrogens with zero attached hydrogens (tertiary/aromatic N) is 1. The van der Waals surface area contributed by atoms with Gasteiger partial charge in [0.1, 0.15) is 6.04 Å². The van der Waals surface area contributed by atoms with E-state index in [9.17, 15) is 9.90 Å². The number of ether oxygens (including phenoxy) is 1. The SMILES string of the molecule is CCOC(=O)[C@H]1C[C@@H](O)CN1Cc1ccccc1. The Hall–Kier alpha value is -1.39.